The van der Waals surface area contributed by atoms with Crippen LogP contribution in [0.5, 0.6) is 11.5 Å². The molecule has 1 N–H and O–H groups in total. The van der Waals surface area contributed by atoms with Crippen molar-refractivity contribution in [3.63, 3.8) is 0 Å². The minimum absolute atomic E-state index is 0.0758. The van der Waals surface area contributed by atoms with Crippen molar-refractivity contribution in [1.29, 1.82) is 0 Å². The van der Waals surface area contributed by atoms with Crippen LogP contribution in [-0.4, -0.2) is 23.7 Å². The van der Waals surface area contributed by atoms with Crippen molar-refractivity contribution in [3.05, 3.63) is 53.3 Å². The summed E-state index contributed by atoms with van der Waals surface area (Å²) in [4.78, 5) is 16.6. The number of methoxy groups -OCH3 is 1. The second-order valence-electron chi connectivity index (χ2n) is 4.71. The van der Waals surface area contributed by atoms with Gasteiger partial charge in [0, 0.05) is 11.6 Å². The Hall–Kier alpha value is -2.69. The van der Waals surface area contributed by atoms with Crippen molar-refractivity contribution in [2.24, 2.45) is 4.99 Å². The number of rotatable bonds is 2. The van der Waals surface area contributed by atoms with Gasteiger partial charge in [-0.05, 0) is 23.8 Å². The fourth-order valence-electron chi connectivity index (χ4n) is 2.28. The molecular formula is C16H12FNO3. The van der Waals surface area contributed by atoms with E-state index >= 15 is 0 Å². The molecule has 0 saturated carbocycles. The van der Waals surface area contributed by atoms with Crippen molar-refractivity contribution in [2.45, 2.75) is 6.42 Å². The third-order valence-corrected chi connectivity index (χ3v) is 3.36. The highest BCUT2D eigenvalue weighted by Crippen LogP contribution is 2.37. The van der Waals surface area contributed by atoms with Gasteiger partial charge in [0.2, 0.25) is 0 Å². The second kappa shape index (κ2) is 5.01. The summed E-state index contributed by atoms with van der Waals surface area (Å²) in [6, 6.07) is 8.69. The van der Waals surface area contributed by atoms with Gasteiger partial charge in [-0.3, -0.25) is 9.79 Å². The van der Waals surface area contributed by atoms with Gasteiger partial charge in [0.15, 0.2) is 17.3 Å². The highest BCUT2D eigenvalue weighted by molar-refractivity contribution is 6.21. The molecule has 0 atom stereocenters. The quantitative estimate of drug-likeness (QED) is 0.921. The van der Waals surface area contributed by atoms with Gasteiger partial charge in [-0.2, -0.15) is 0 Å². The molecule has 2 aromatic carbocycles. The minimum atomic E-state index is -0.343. The predicted octanol–water partition coefficient (Wildman–Crippen LogP) is 3.25. The minimum Gasteiger partial charge on any atom is -0.504 e. The Morgan fingerprint density at radius 1 is 1.24 bits per heavy atom. The van der Waals surface area contributed by atoms with Crippen molar-refractivity contribution in [1.82, 2.24) is 0 Å². The average Bonchev–Trinajstić information content (AvgIpc) is 2.47. The van der Waals surface area contributed by atoms with Gasteiger partial charge in [-0.15, -0.1) is 0 Å². The lowest BCUT2D eigenvalue weighted by Gasteiger charge is -2.16. The number of aliphatic imine (C=N–C) groups is 1. The molecule has 2 aromatic rings. The number of phenolic OH excluding ortho intramolecular Hbond substituents is 1. The summed E-state index contributed by atoms with van der Waals surface area (Å²) in [5.41, 5.74) is 2.04. The molecule has 1 heterocycles. The van der Waals surface area contributed by atoms with E-state index in [-0.39, 0.29) is 29.5 Å². The highest BCUT2D eigenvalue weighted by atomic mass is 19.1. The zero-order valence-corrected chi connectivity index (χ0v) is 11.3. The number of hydrogen-bond acceptors (Lipinski definition) is 4. The number of ether oxygens (including phenoxy) is 1. The number of carbonyl (C=O) groups excluding carboxylic acids is 1. The first-order valence-corrected chi connectivity index (χ1v) is 6.36. The van der Waals surface area contributed by atoms with E-state index in [0.29, 0.717) is 22.5 Å². The van der Waals surface area contributed by atoms with Crippen molar-refractivity contribution < 1.29 is 19.0 Å². The van der Waals surface area contributed by atoms with E-state index in [1.165, 1.54) is 31.4 Å². The van der Waals surface area contributed by atoms with Gasteiger partial charge in [-0.25, -0.2) is 4.39 Å². The number of phenols is 1. The first kappa shape index (κ1) is 13.3. The Bertz CT molecular complexity index is 751. The van der Waals surface area contributed by atoms with Gasteiger partial charge >= 0.3 is 0 Å². The molecule has 0 unspecified atom stereocenters. The molecule has 0 saturated heterocycles. The summed E-state index contributed by atoms with van der Waals surface area (Å²) in [6.07, 6.45) is 0.132. The molecule has 0 bridgehead atoms. The van der Waals surface area contributed by atoms with Crippen LogP contribution < -0.4 is 4.74 Å². The Kier molecular flexibility index (Phi) is 3.17. The van der Waals surface area contributed by atoms with E-state index < -0.39 is 0 Å². The Balaban J connectivity index is 2.09. The summed E-state index contributed by atoms with van der Waals surface area (Å²) in [7, 11) is 1.42. The standard InChI is InChI=1S/C16H12FNO3/c1-21-16-6-11-13(8-15(16)20)18-12(7-14(11)19)9-2-4-10(17)5-3-9/h2-6,8,20H,7H2,1H3. The molecule has 3 rings (SSSR count). The maximum atomic E-state index is 13.0. The number of hydrogen-bond donors (Lipinski definition) is 1. The maximum Gasteiger partial charge on any atom is 0.171 e. The van der Waals surface area contributed by atoms with E-state index in [1.54, 1.807) is 12.1 Å². The molecule has 21 heavy (non-hydrogen) atoms. The summed E-state index contributed by atoms with van der Waals surface area (Å²) < 4.78 is 17.9. The van der Waals surface area contributed by atoms with Crippen molar-refractivity contribution >= 4 is 17.2 Å². The normalized spacial score (nSPS) is 13.6. The van der Waals surface area contributed by atoms with Gasteiger partial charge in [-0.1, -0.05) is 12.1 Å². The van der Waals surface area contributed by atoms with Crippen LogP contribution in [0.1, 0.15) is 22.3 Å². The molecule has 1 aliphatic heterocycles. The molecule has 106 valence electrons. The van der Waals surface area contributed by atoms with Crippen LogP contribution in [-0.2, 0) is 0 Å². The summed E-state index contributed by atoms with van der Waals surface area (Å²) >= 11 is 0. The van der Waals surface area contributed by atoms with E-state index in [9.17, 15) is 14.3 Å². The summed E-state index contributed by atoms with van der Waals surface area (Å²) in [5, 5.41) is 9.79. The highest BCUT2D eigenvalue weighted by Gasteiger charge is 2.23. The van der Waals surface area contributed by atoms with Crippen LogP contribution in [0.3, 0.4) is 0 Å². The number of halogens is 1. The number of nitrogens with zero attached hydrogens (tertiary/aromatic N) is 1. The zero-order valence-electron chi connectivity index (χ0n) is 11.3. The maximum absolute atomic E-state index is 13.0. The van der Waals surface area contributed by atoms with Crippen LogP contribution in [0.25, 0.3) is 0 Å². The van der Waals surface area contributed by atoms with E-state index in [4.69, 9.17) is 4.74 Å². The molecule has 0 amide bonds. The Labute approximate surface area is 120 Å². The third kappa shape index (κ3) is 2.38. The van der Waals surface area contributed by atoms with Gasteiger partial charge < -0.3 is 9.84 Å². The molecule has 0 fully saturated rings. The van der Waals surface area contributed by atoms with Crippen LogP contribution >= 0.6 is 0 Å². The molecule has 0 radical (unpaired) electrons. The first-order valence-electron chi connectivity index (χ1n) is 6.36. The van der Waals surface area contributed by atoms with Crippen molar-refractivity contribution in [3.8, 4) is 11.5 Å². The van der Waals surface area contributed by atoms with E-state index in [1.807, 2.05) is 0 Å². The molecular weight excluding hydrogens is 273 g/mol. The lowest BCUT2D eigenvalue weighted by molar-refractivity contribution is 0.0999. The molecule has 0 spiro atoms. The lowest BCUT2D eigenvalue weighted by Crippen LogP contribution is -2.14. The fraction of sp³-hybridized carbons (Fsp3) is 0.125. The number of fused-ring (bicyclic) bond motifs is 1. The number of carbonyl (C=O) groups is 1. The molecule has 0 aromatic heterocycles. The summed E-state index contributed by atoms with van der Waals surface area (Å²) in [6.45, 7) is 0. The van der Waals surface area contributed by atoms with Crippen LogP contribution in [0.15, 0.2) is 41.4 Å². The largest absolute Gasteiger partial charge is 0.504 e. The van der Waals surface area contributed by atoms with Crippen LogP contribution in [0, 0.1) is 5.82 Å². The Morgan fingerprint density at radius 2 is 1.95 bits per heavy atom. The lowest BCUT2D eigenvalue weighted by atomic mass is 9.96. The number of Topliss-reactive ketones (excluding diaryl/α,β-unsaturated/α-hetero) is 1. The molecule has 1 aliphatic rings. The zero-order chi connectivity index (χ0) is 15.0. The van der Waals surface area contributed by atoms with E-state index in [2.05, 4.69) is 4.99 Å². The third-order valence-electron chi connectivity index (χ3n) is 3.36. The average molecular weight is 285 g/mol. The van der Waals surface area contributed by atoms with E-state index in [0.717, 1.165) is 0 Å². The topological polar surface area (TPSA) is 58.9 Å². The monoisotopic (exact) mass is 285 g/mol. The number of ketones is 1. The van der Waals surface area contributed by atoms with Crippen molar-refractivity contribution in [2.75, 3.05) is 7.11 Å². The number of aromatic hydroxyl groups is 1. The van der Waals surface area contributed by atoms with Crippen LogP contribution in [0.2, 0.25) is 0 Å². The predicted molar refractivity (Wildman–Crippen MR) is 76.2 cm³/mol. The first-order chi connectivity index (χ1) is 10.1. The van der Waals surface area contributed by atoms with Gasteiger partial charge in [0.05, 0.1) is 24.9 Å². The molecule has 0 aliphatic carbocycles. The Morgan fingerprint density at radius 3 is 2.62 bits per heavy atom. The number of benzene rings is 2. The SMILES string of the molecule is COc1cc2c(cc1O)N=C(c1ccc(F)cc1)CC2=O. The second-order valence-corrected chi connectivity index (χ2v) is 4.71. The summed E-state index contributed by atoms with van der Waals surface area (Å²) in [5.74, 6) is -0.294. The van der Waals surface area contributed by atoms with Crippen LogP contribution in [0.4, 0.5) is 10.1 Å². The van der Waals surface area contributed by atoms with Gasteiger partial charge in [0.25, 0.3) is 0 Å². The fourth-order valence-corrected chi connectivity index (χ4v) is 2.28. The molecule has 5 heteroatoms. The molecule has 4 nitrogen and oxygen atoms in total. The van der Waals surface area contributed by atoms with Gasteiger partial charge in [0.1, 0.15) is 5.82 Å². The smallest absolute Gasteiger partial charge is 0.171 e.